The van der Waals surface area contributed by atoms with E-state index in [2.05, 4.69) is 5.32 Å². The van der Waals surface area contributed by atoms with E-state index in [1.165, 1.54) is 12.1 Å². The number of carbonyl (C=O) groups excluding carboxylic acids is 1. The minimum atomic E-state index is -0.264. The molecule has 0 aliphatic heterocycles. The Morgan fingerprint density at radius 3 is 2.67 bits per heavy atom. The first-order valence-corrected chi connectivity index (χ1v) is 6.36. The number of esters is 1. The third-order valence-corrected chi connectivity index (χ3v) is 2.96. The van der Waals surface area contributed by atoms with Crippen LogP contribution in [0.15, 0.2) is 24.3 Å². The topological polar surface area (TPSA) is 38.3 Å². The van der Waals surface area contributed by atoms with Gasteiger partial charge in [0, 0.05) is 12.1 Å². The number of nitrogens with one attached hydrogen (secondary N) is 1. The molecular formula is C14H18FNO2. The molecule has 0 spiro atoms. The Kier molecular flexibility index (Phi) is 4.31. The van der Waals surface area contributed by atoms with Crippen LogP contribution in [-0.4, -0.2) is 18.6 Å². The minimum absolute atomic E-state index is 0.0860. The first kappa shape index (κ1) is 13.0. The van der Waals surface area contributed by atoms with Crippen molar-refractivity contribution in [3.8, 4) is 0 Å². The molecule has 0 saturated heterocycles. The third kappa shape index (κ3) is 3.81. The molecule has 4 heteroatoms. The quantitative estimate of drug-likeness (QED) is 0.790. The number of halogens is 1. The highest BCUT2D eigenvalue weighted by Crippen LogP contribution is 2.26. The van der Waals surface area contributed by atoms with E-state index in [1.807, 2.05) is 0 Å². The Hall–Kier alpha value is -1.42. The van der Waals surface area contributed by atoms with E-state index >= 15 is 0 Å². The fourth-order valence-electron chi connectivity index (χ4n) is 1.89. The van der Waals surface area contributed by atoms with Crippen LogP contribution in [0.25, 0.3) is 0 Å². The highest BCUT2D eigenvalue weighted by Gasteiger charge is 2.27. The summed E-state index contributed by atoms with van der Waals surface area (Å²) in [6, 6.07) is 6.67. The van der Waals surface area contributed by atoms with Gasteiger partial charge in [-0.05, 0) is 37.5 Å². The normalized spacial score (nSPS) is 16.3. The summed E-state index contributed by atoms with van der Waals surface area (Å²) in [4.78, 5) is 11.6. The Morgan fingerprint density at radius 1 is 1.44 bits per heavy atom. The van der Waals surface area contributed by atoms with Crippen LogP contribution < -0.4 is 5.32 Å². The molecule has 1 aromatic rings. The molecule has 98 valence electrons. The van der Waals surface area contributed by atoms with E-state index in [0.717, 1.165) is 18.4 Å². The molecule has 2 rings (SSSR count). The van der Waals surface area contributed by atoms with E-state index in [9.17, 15) is 9.18 Å². The van der Waals surface area contributed by atoms with Gasteiger partial charge in [-0.15, -0.1) is 0 Å². The maximum absolute atomic E-state index is 12.9. The summed E-state index contributed by atoms with van der Waals surface area (Å²) >= 11 is 0. The summed E-state index contributed by atoms with van der Waals surface area (Å²) in [5.41, 5.74) is 0.927. The SMILES string of the molecule is CCOC(=O)C[C@@H](NC1CC1)c1ccc(F)cc1. The second kappa shape index (κ2) is 5.96. The minimum Gasteiger partial charge on any atom is -0.466 e. The van der Waals surface area contributed by atoms with Gasteiger partial charge in [0.1, 0.15) is 5.82 Å². The van der Waals surface area contributed by atoms with Crippen LogP contribution in [0.5, 0.6) is 0 Å². The molecule has 0 unspecified atom stereocenters. The molecular weight excluding hydrogens is 233 g/mol. The van der Waals surface area contributed by atoms with Crippen LogP contribution >= 0.6 is 0 Å². The van der Waals surface area contributed by atoms with Crippen molar-refractivity contribution in [3.05, 3.63) is 35.6 Å². The highest BCUT2D eigenvalue weighted by atomic mass is 19.1. The van der Waals surface area contributed by atoms with Crippen LogP contribution in [0.1, 0.15) is 37.8 Å². The maximum Gasteiger partial charge on any atom is 0.307 e. The van der Waals surface area contributed by atoms with Gasteiger partial charge in [-0.3, -0.25) is 4.79 Å². The second-order valence-electron chi connectivity index (χ2n) is 4.55. The van der Waals surface area contributed by atoms with Crippen LogP contribution in [0, 0.1) is 5.82 Å². The molecule has 1 aliphatic rings. The van der Waals surface area contributed by atoms with Crippen molar-refractivity contribution in [3.63, 3.8) is 0 Å². The van der Waals surface area contributed by atoms with Gasteiger partial charge in [0.05, 0.1) is 13.0 Å². The number of benzene rings is 1. The smallest absolute Gasteiger partial charge is 0.307 e. The van der Waals surface area contributed by atoms with Crippen LogP contribution in [0.4, 0.5) is 4.39 Å². The Labute approximate surface area is 106 Å². The van der Waals surface area contributed by atoms with Crippen molar-refractivity contribution in [2.24, 2.45) is 0 Å². The third-order valence-electron chi connectivity index (χ3n) is 2.96. The summed E-state index contributed by atoms with van der Waals surface area (Å²) in [7, 11) is 0. The van der Waals surface area contributed by atoms with Gasteiger partial charge in [-0.1, -0.05) is 12.1 Å². The molecule has 1 aromatic carbocycles. The molecule has 0 heterocycles. The molecule has 1 fully saturated rings. The van der Waals surface area contributed by atoms with Crippen molar-refractivity contribution >= 4 is 5.97 Å². The summed E-state index contributed by atoms with van der Waals surface area (Å²) in [5.74, 6) is -0.486. The van der Waals surface area contributed by atoms with Crippen molar-refractivity contribution in [1.82, 2.24) is 5.32 Å². The largest absolute Gasteiger partial charge is 0.466 e. The molecule has 0 aromatic heterocycles. The van der Waals surface area contributed by atoms with Crippen LogP contribution in [0.2, 0.25) is 0 Å². The lowest BCUT2D eigenvalue weighted by Gasteiger charge is -2.18. The lowest BCUT2D eigenvalue weighted by Crippen LogP contribution is -2.26. The van der Waals surface area contributed by atoms with Crippen molar-refractivity contribution < 1.29 is 13.9 Å². The summed E-state index contributed by atoms with van der Waals surface area (Å²) in [6.45, 7) is 2.18. The van der Waals surface area contributed by atoms with Gasteiger partial charge < -0.3 is 10.1 Å². The van der Waals surface area contributed by atoms with Crippen molar-refractivity contribution in [2.75, 3.05) is 6.61 Å². The number of ether oxygens (including phenoxy) is 1. The first-order valence-electron chi connectivity index (χ1n) is 6.36. The zero-order valence-electron chi connectivity index (χ0n) is 10.5. The van der Waals surface area contributed by atoms with Crippen molar-refractivity contribution in [2.45, 2.75) is 38.3 Å². The zero-order valence-corrected chi connectivity index (χ0v) is 10.5. The molecule has 1 atom stereocenters. The number of carbonyl (C=O) groups is 1. The number of rotatable bonds is 6. The monoisotopic (exact) mass is 251 g/mol. The first-order chi connectivity index (χ1) is 8.69. The molecule has 3 nitrogen and oxygen atoms in total. The van der Waals surface area contributed by atoms with E-state index in [0.29, 0.717) is 12.6 Å². The summed E-state index contributed by atoms with van der Waals surface area (Å²) < 4.78 is 17.9. The average molecular weight is 251 g/mol. The van der Waals surface area contributed by atoms with Gasteiger partial charge in [-0.2, -0.15) is 0 Å². The van der Waals surface area contributed by atoms with E-state index in [-0.39, 0.29) is 24.2 Å². The van der Waals surface area contributed by atoms with Crippen molar-refractivity contribution in [1.29, 1.82) is 0 Å². The number of hydrogen-bond donors (Lipinski definition) is 1. The predicted molar refractivity (Wildman–Crippen MR) is 66.5 cm³/mol. The molecule has 0 bridgehead atoms. The average Bonchev–Trinajstić information content (AvgIpc) is 3.13. The van der Waals surface area contributed by atoms with E-state index in [1.54, 1.807) is 19.1 Å². The highest BCUT2D eigenvalue weighted by molar-refractivity contribution is 5.70. The van der Waals surface area contributed by atoms with Gasteiger partial charge in [0.25, 0.3) is 0 Å². The standard InChI is InChI=1S/C14H18FNO2/c1-2-18-14(17)9-13(16-12-7-8-12)10-3-5-11(15)6-4-10/h3-6,12-13,16H,2,7-9H2,1H3/t13-/m1/s1. The fourth-order valence-corrected chi connectivity index (χ4v) is 1.89. The Balaban J connectivity index is 2.03. The molecule has 18 heavy (non-hydrogen) atoms. The lowest BCUT2D eigenvalue weighted by molar-refractivity contribution is -0.143. The van der Waals surface area contributed by atoms with Crippen LogP contribution in [0.3, 0.4) is 0 Å². The molecule has 0 amide bonds. The molecule has 1 aliphatic carbocycles. The van der Waals surface area contributed by atoms with Crippen LogP contribution in [-0.2, 0) is 9.53 Å². The van der Waals surface area contributed by atoms with Gasteiger partial charge in [0.15, 0.2) is 0 Å². The van der Waals surface area contributed by atoms with Gasteiger partial charge >= 0.3 is 5.97 Å². The predicted octanol–water partition coefficient (Wildman–Crippen LogP) is 2.57. The molecule has 1 saturated carbocycles. The van der Waals surface area contributed by atoms with E-state index < -0.39 is 0 Å². The van der Waals surface area contributed by atoms with Gasteiger partial charge in [0.2, 0.25) is 0 Å². The fraction of sp³-hybridized carbons (Fsp3) is 0.500. The summed E-state index contributed by atoms with van der Waals surface area (Å²) in [5, 5.41) is 3.39. The second-order valence-corrected chi connectivity index (χ2v) is 4.55. The Bertz CT molecular complexity index is 401. The van der Waals surface area contributed by atoms with E-state index in [4.69, 9.17) is 4.74 Å². The van der Waals surface area contributed by atoms with Gasteiger partial charge in [-0.25, -0.2) is 4.39 Å². The Morgan fingerprint density at radius 2 is 2.11 bits per heavy atom. The number of hydrogen-bond acceptors (Lipinski definition) is 3. The molecule has 0 radical (unpaired) electrons. The molecule has 1 N–H and O–H groups in total. The lowest BCUT2D eigenvalue weighted by atomic mass is 10.0. The summed E-state index contributed by atoms with van der Waals surface area (Å²) in [6.07, 6.45) is 2.57. The maximum atomic E-state index is 12.9. The zero-order chi connectivity index (χ0) is 13.0.